The van der Waals surface area contributed by atoms with Crippen LogP contribution in [0.4, 0.5) is 11.4 Å². The lowest BCUT2D eigenvalue weighted by atomic mass is 10.1. The van der Waals surface area contributed by atoms with E-state index < -0.39 is 0 Å². The summed E-state index contributed by atoms with van der Waals surface area (Å²) in [5.74, 6) is 0. The van der Waals surface area contributed by atoms with Crippen molar-refractivity contribution in [1.82, 2.24) is 4.98 Å². The van der Waals surface area contributed by atoms with E-state index in [1.165, 1.54) is 16.8 Å². The summed E-state index contributed by atoms with van der Waals surface area (Å²) in [6, 6.07) is 10.4. The molecule has 1 aliphatic heterocycles. The van der Waals surface area contributed by atoms with Crippen molar-refractivity contribution in [2.75, 3.05) is 23.7 Å². The molecule has 0 amide bonds. The summed E-state index contributed by atoms with van der Waals surface area (Å²) in [6.45, 7) is 2.12. The number of hydrogen-bond donors (Lipinski definition) is 1. The van der Waals surface area contributed by atoms with Gasteiger partial charge in [0.25, 0.3) is 0 Å². The van der Waals surface area contributed by atoms with Crippen molar-refractivity contribution in [2.45, 2.75) is 12.8 Å². The first-order valence-corrected chi connectivity index (χ1v) is 6.36. The van der Waals surface area contributed by atoms with Crippen LogP contribution in [0.15, 0.2) is 42.7 Å². The number of nitrogens with zero attached hydrogens (tertiary/aromatic N) is 2. The molecule has 0 saturated carbocycles. The third-order valence-electron chi connectivity index (χ3n) is 3.58. The van der Waals surface area contributed by atoms with Crippen LogP contribution in [0.5, 0.6) is 0 Å². The van der Waals surface area contributed by atoms with Gasteiger partial charge in [0, 0.05) is 42.4 Å². The van der Waals surface area contributed by atoms with Gasteiger partial charge in [0.15, 0.2) is 0 Å². The molecular weight excluding hydrogens is 222 g/mol. The first kappa shape index (κ1) is 11.1. The number of rotatable bonds is 3. The third-order valence-corrected chi connectivity index (χ3v) is 3.58. The van der Waals surface area contributed by atoms with E-state index in [0.29, 0.717) is 0 Å². The summed E-state index contributed by atoms with van der Waals surface area (Å²) >= 11 is 0. The van der Waals surface area contributed by atoms with Crippen molar-refractivity contribution in [3.63, 3.8) is 0 Å². The maximum absolute atomic E-state index is 6.01. The Hall–Kier alpha value is -2.03. The van der Waals surface area contributed by atoms with E-state index in [-0.39, 0.29) is 0 Å². The van der Waals surface area contributed by atoms with Crippen molar-refractivity contribution in [3.05, 3.63) is 53.9 Å². The second-order valence-corrected chi connectivity index (χ2v) is 4.69. The molecule has 0 saturated heterocycles. The molecule has 0 fully saturated rings. The highest BCUT2D eigenvalue weighted by atomic mass is 15.1. The van der Waals surface area contributed by atoms with Crippen LogP contribution < -0.4 is 10.6 Å². The monoisotopic (exact) mass is 239 g/mol. The number of aromatic nitrogens is 1. The second kappa shape index (κ2) is 4.69. The molecule has 0 spiro atoms. The summed E-state index contributed by atoms with van der Waals surface area (Å²) in [6.07, 6.45) is 5.83. The predicted octanol–water partition coefficient (Wildman–Crippen LogP) is 2.27. The van der Waals surface area contributed by atoms with E-state index in [1.54, 1.807) is 0 Å². The average molecular weight is 239 g/mol. The lowest BCUT2D eigenvalue weighted by Gasteiger charge is -2.19. The van der Waals surface area contributed by atoms with Crippen LogP contribution in [0, 0.1) is 0 Å². The minimum absolute atomic E-state index is 0.930. The molecular formula is C15H17N3. The van der Waals surface area contributed by atoms with Gasteiger partial charge in [0.2, 0.25) is 0 Å². The fourth-order valence-electron chi connectivity index (χ4n) is 2.57. The highest BCUT2D eigenvalue weighted by molar-refractivity contribution is 5.68. The molecule has 0 radical (unpaired) electrons. The van der Waals surface area contributed by atoms with Crippen LogP contribution in [-0.2, 0) is 12.8 Å². The molecule has 0 aliphatic carbocycles. The fraction of sp³-hybridized carbons (Fsp3) is 0.267. The molecule has 0 atom stereocenters. The Balaban J connectivity index is 1.72. The van der Waals surface area contributed by atoms with Crippen LogP contribution in [0.1, 0.15) is 11.1 Å². The van der Waals surface area contributed by atoms with Crippen molar-refractivity contribution < 1.29 is 0 Å². The van der Waals surface area contributed by atoms with Crippen LogP contribution in [0.2, 0.25) is 0 Å². The van der Waals surface area contributed by atoms with Gasteiger partial charge in [-0.2, -0.15) is 0 Å². The Labute approximate surface area is 107 Å². The quantitative estimate of drug-likeness (QED) is 0.835. The minimum Gasteiger partial charge on any atom is -0.398 e. The number of pyridine rings is 1. The summed E-state index contributed by atoms with van der Waals surface area (Å²) in [5.41, 5.74) is 10.9. The molecule has 3 heteroatoms. The van der Waals surface area contributed by atoms with Crippen molar-refractivity contribution in [1.29, 1.82) is 0 Å². The average Bonchev–Trinajstić information content (AvgIpc) is 2.82. The Bertz CT molecular complexity index is 537. The molecule has 2 heterocycles. The van der Waals surface area contributed by atoms with Crippen LogP contribution in [-0.4, -0.2) is 18.1 Å². The van der Waals surface area contributed by atoms with Gasteiger partial charge in [-0.05, 0) is 42.7 Å². The van der Waals surface area contributed by atoms with Gasteiger partial charge in [-0.3, -0.25) is 4.98 Å². The molecule has 3 rings (SSSR count). The Morgan fingerprint density at radius 2 is 2.00 bits per heavy atom. The standard InChI is InChI=1S/C15H17N3/c16-14-2-1-3-15-13(14)7-11-18(15)10-6-12-4-8-17-9-5-12/h1-5,8-9H,6-7,10-11,16H2. The maximum Gasteiger partial charge on any atom is 0.0420 e. The molecule has 0 bridgehead atoms. The van der Waals surface area contributed by atoms with E-state index in [9.17, 15) is 0 Å². The molecule has 1 aromatic carbocycles. The van der Waals surface area contributed by atoms with Gasteiger partial charge in [-0.1, -0.05) is 6.07 Å². The number of hydrogen-bond acceptors (Lipinski definition) is 3. The van der Waals surface area contributed by atoms with Gasteiger partial charge in [-0.15, -0.1) is 0 Å². The van der Waals surface area contributed by atoms with Gasteiger partial charge in [-0.25, -0.2) is 0 Å². The molecule has 0 unspecified atom stereocenters. The molecule has 2 N–H and O–H groups in total. The number of nitrogens with two attached hydrogens (primary N) is 1. The molecule has 2 aromatic rings. The number of benzene rings is 1. The van der Waals surface area contributed by atoms with Crippen molar-refractivity contribution in [3.8, 4) is 0 Å². The van der Waals surface area contributed by atoms with E-state index in [1.807, 2.05) is 24.5 Å². The molecule has 92 valence electrons. The highest BCUT2D eigenvalue weighted by Crippen LogP contribution is 2.31. The highest BCUT2D eigenvalue weighted by Gasteiger charge is 2.19. The van der Waals surface area contributed by atoms with Gasteiger partial charge < -0.3 is 10.6 Å². The zero-order valence-electron chi connectivity index (χ0n) is 10.3. The van der Waals surface area contributed by atoms with E-state index in [4.69, 9.17) is 5.73 Å². The molecule has 1 aromatic heterocycles. The van der Waals surface area contributed by atoms with Gasteiger partial charge in [0.1, 0.15) is 0 Å². The Morgan fingerprint density at radius 1 is 1.17 bits per heavy atom. The molecule has 3 nitrogen and oxygen atoms in total. The first-order chi connectivity index (χ1) is 8.84. The number of fused-ring (bicyclic) bond motifs is 1. The largest absolute Gasteiger partial charge is 0.398 e. The fourth-order valence-corrected chi connectivity index (χ4v) is 2.57. The van der Waals surface area contributed by atoms with E-state index in [2.05, 4.69) is 28.1 Å². The zero-order chi connectivity index (χ0) is 12.4. The Kier molecular flexibility index (Phi) is 2.89. The lowest BCUT2D eigenvalue weighted by molar-refractivity contribution is 0.812. The van der Waals surface area contributed by atoms with Gasteiger partial charge in [0.05, 0.1) is 0 Å². The normalized spacial score (nSPS) is 13.7. The second-order valence-electron chi connectivity index (χ2n) is 4.69. The van der Waals surface area contributed by atoms with Gasteiger partial charge >= 0.3 is 0 Å². The smallest absolute Gasteiger partial charge is 0.0420 e. The lowest BCUT2D eigenvalue weighted by Crippen LogP contribution is -2.23. The maximum atomic E-state index is 6.01. The molecule has 18 heavy (non-hydrogen) atoms. The topological polar surface area (TPSA) is 42.1 Å². The van der Waals surface area contributed by atoms with Crippen LogP contribution >= 0.6 is 0 Å². The van der Waals surface area contributed by atoms with E-state index in [0.717, 1.165) is 31.6 Å². The first-order valence-electron chi connectivity index (χ1n) is 6.36. The van der Waals surface area contributed by atoms with Crippen LogP contribution in [0.3, 0.4) is 0 Å². The summed E-state index contributed by atoms with van der Waals surface area (Å²) in [4.78, 5) is 6.47. The van der Waals surface area contributed by atoms with Crippen molar-refractivity contribution >= 4 is 11.4 Å². The zero-order valence-corrected chi connectivity index (χ0v) is 10.3. The summed E-state index contributed by atoms with van der Waals surface area (Å²) in [5, 5.41) is 0. The third kappa shape index (κ3) is 2.04. The number of nitrogen functional groups attached to an aromatic ring is 1. The minimum atomic E-state index is 0.930. The molecule has 1 aliphatic rings. The summed E-state index contributed by atoms with van der Waals surface area (Å²) in [7, 11) is 0. The SMILES string of the molecule is Nc1cccc2c1CCN2CCc1ccncc1. The summed E-state index contributed by atoms with van der Waals surface area (Å²) < 4.78 is 0. The Morgan fingerprint density at radius 3 is 2.83 bits per heavy atom. The van der Waals surface area contributed by atoms with Crippen LogP contribution in [0.25, 0.3) is 0 Å². The van der Waals surface area contributed by atoms with E-state index >= 15 is 0 Å². The van der Waals surface area contributed by atoms with Crippen molar-refractivity contribution in [2.24, 2.45) is 0 Å². The number of anilines is 2. The predicted molar refractivity (Wildman–Crippen MR) is 74.7 cm³/mol.